The molecule has 0 amide bonds. The number of rotatable bonds is 7. The molecular weight excluding hydrogens is 270 g/mol. The minimum absolute atomic E-state index is 1.36. The Morgan fingerprint density at radius 2 is 1.06 bits per heavy atom. The summed E-state index contributed by atoms with van der Waals surface area (Å²) in [6, 6.07) is 0. The summed E-state index contributed by atoms with van der Waals surface area (Å²) < 4.78 is 22.2. The van der Waals surface area contributed by atoms with Crippen LogP contribution in [0.25, 0.3) is 0 Å². The molecule has 4 N–H and O–H groups in total. The maximum Gasteiger partial charge on any atom is 0.478 e. The van der Waals surface area contributed by atoms with Gasteiger partial charge in [0, 0.05) is 0 Å². The van der Waals surface area contributed by atoms with Crippen molar-refractivity contribution >= 4 is 15.6 Å². The third-order valence-electron chi connectivity index (χ3n) is 1.67. The molecule has 0 aliphatic heterocycles. The average Bonchev–Trinajstić information content (AvgIpc) is 2.07. The first-order valence-electron chi connectivity index (χ1n) is 5.44. The van der Waals surface area contributed by atoms with Crippen molar-refractivity contribution in [3.05, 3.63) is 0 Å². The molecule has 0 saturated heterocycles. The van der Waals surface area contributed by atoms with Gasteiger partial charge in [0.05, 0.1) is 0 Å². The Morgan fingerprint density at radius 3 is 1.18 bits per heavy atom. The highest BCUT2D eigenvalue weighted by atomic mass is 31.3. The molecule has 106 valence electrons. The van der Waals surface area contributed by atoms with Crippen LogP contribution in [0.1, 0.15) is 52.4 Å². The minimum atomic E-state index is -5.05. The third kappa shape index (κ3) is 26.1. The fraction of sp³-hybridized carbons (Fsp3) is 1.00. The van der Waals surface area contributed by atoms with E-state index in [9.17, 15) is 9.13 Å². The van der Waals surface area contributed by atoms with Gasteiger partial charge in [-0.25, -0.2) is 9.13 Å². The zero-order chi connectivity index (χ0) is 13.9. The summed E-state index contributed by atoms with van der Waals surface area (Å²) in [5, 5.41) is 0. The zero-order valence-electron chi connectivity index (χ0n) is 10.2. The zero-order valence-corrected chi connectivity index (χ0v) is 11.9. The average molecular weight is 292 g/mol. The minimum Gasteiger partial charge on any atom is -0.302 e. The fourth-order valence-corrected chi connectivity index (χ4v) is 2.10. The van der Waals surface area contributed by atoms with Gasteiger partial charge in [-0.1, -0.05) is 52.4 Å². The quantitative estimate of drug-likeness (QED) is 0.420. The molecule has 0 rings (SSSR count). The highest BCUT2D eigenvalue weighted by Crippen LogP contribution is 2.53. The van der Waals surface area contributed by atoms with Crippen LogP contribution in [0.15, 0.2) is 0 Å². The number of hydrogen-bond donors (Lipinski definition) is 4. The van der Waals surface area contributed by atoms with Crippen LogP contribution in [0.5, 0.6) is 0 Å². The predicted molar refractivity (Wildman–Crippen MR) is 64.2 cm³/mol. The van der Waals surface area contributed by atoms with Crippen molar-refractivity contribution in [1.82, 2.24) is 0 Å². The summed E-state index contributed by atoms with van der Waals surface area (Å²) in [4.78, 5) is 31.0. The van der Waals surface area contributed by atoms with Crippen LogP contribution in [0.4, 0.5) is 0 Å². The summed E-state index contributed by atoms with van der Waals surface area (Å²) in [6.07, 6.45) is 8.49. The van der Waals surface area contributed by atoms with E-state index in [1.807, 2.05) is 0 Å². The summed E-state index contributed by atoms with van der Waals surface area (Å²) in [5.41, 5.74) is 0. The second kappa shape index (κ2) is 10.2. The molecule has 0 saturated carbocycles. The number of unbranched alkanes of at least 4 members (excludes halogenated alkanes) is 5. The van der Waals surface area contributed by atoms with Crippen molar-refractivity contribution in [3.8, 4) is 0 Å². The van der Waals surface area contributed by atoms with E-state index in [-0.39, 0.29) is 0 Å². The van der Waals surface area contributed by atoms with Gasteiger partial charge in [-0.3, -0.25) is 0 Å². The van der Waals surface area contributed by atoms with Gasteiger partial charge in [-0.2, -0.15) is 4.31 Å². The SMILES string of the molecule is CCCCCCCC.O=P(O)(O)OP(=O)(O)O. The van der Waals surface area contributed by atoms with Crippen molar-refractivity contribution in [1.29, 1.82) is 0 Å². The molecule has 0 aliphatic carbocycles. The smallest absolute Gasteiger partial charge is 0.302 e. The van der Waals surface area contributed by atoms with Gasteiger partial charge >= 0.3 is 15.6 Å². The lowest BCUT2D eigenvalue weighted by Gasteiger charge is -2.03. The van der Waals surface area contributed by atoms with Crippen molar-refractivity contribution < 1.29 is 33.0 Å². The third-order valence-corrected chi connectivity index (χ3v) is 3.37. The largest absolute Gasteiger partial charge is 0.478 e. The van der Waals surface area contributed by atoms with Crippen LogP contribution in [0.2, 0.25) is 0 Å². The van der Waals surface area contributed by atoms with Gasteiger partial charge < -0.3 is 19.6 Å². The molecule has 0 bridgehead atoms. The Bertz CT molecular complexity index is 231. The van der Waals surface area contributed by atoms with Crippen molar-refractivity contribution in [3.63, 3.8) is 0 Å². The summed E-state index contributed by atoms with van der Waals surface area (Å²) in [6.45, 7) is 4.51. The Kier molecular flexibility index (Phi) is 11.8. The van der Waals surface area contributed by atoms with Crippen molar-refractivity contribution in [2.24, 2.45) is 0 Å². The van der Waals surface area contributed by atoms with E-state index in [2.05, 4.69) is 18.2 Å². The molecule has 9 heteroatoms. The lowest BCUT2D eigenvalue weighted by Crippen LogP contribution is -1.84. The number of hydrogen-bond acceptors (Lipinski definition) is 3. The van der Waals surface area contributed by atoms with E-state index in [1.165, 1.54) is 38.5 Å². The molecular formula is C8H22O7P2. The van der Waals surface area contributed by atoms with Crippen LogP contribution < -0.4 is 0 Å². The standard InChI is InChI=1S/C8H18.H4O7P2/c1-3-5-7-8-6-4-2;1-8(2,3)7-9(4,5)6/h3-8H2,1-2H3;(H2,1,2,3)(H2,4,5,6). The lowest BCUT2D eigenvalue weighted by atomic mass is 10.1. The maximum absolute atomic E-state index is 9.63. The summed E-state index contributed by atoms with van der Waals surface area (Å²) >= 11 is 0. The molecule has 17 heavy (non-hydrogen) atoms. The van der Waals surface area contributed by atoms with Gasteiger partial charge in [0.1, 0.15) is 0 Å². The van der Waals surface area contributed by atoms with E-state index in [4.69, 9.17) is 19.6 Å². The Hall–Kier alpha value is 0.260. The molecule has 0 aliphatic rings. The maximum atomic E-state index is 9.63. The predicted octanol–water partition coefficient (Wildman–Crippen LogP) is 2.56. The first kappa shape index (κ1) is 19.6. The van der Waals surface area contributed by atoms with E-state index < -0.39 is 15.6 Å². The molecule has 0 aromatic rings. The molecule has 0 unspecified atom stereocenters. The first-order chi connectivity index (χ1) is 7.62. The van der Waals surface area contributed by atoms with Crippen molar-refractivity contribution in [2.45, 2.75) is 52.4 Å². The van der Waals surface area contributed by atoms with Gasteiger partial charge in [-0.15, -0.1) is 0 Å². The van der Waals surface area contributed by atoms with Gasteiger partial charge in [0.15, 0.2) is 0 Å². The van der Waals surface area contributed by atoms with Crippen LogP contribution in [-0.2, 0) is 13.4 Å². The monoisotopic (exact) mass is 292 g/mol. The van der Waals surface area contributed by atoms with Crippen LogP contribution in [-0.4, -0.2) is 19.6 Å². The van der Waals surface area contributed by atoms with E-state index in [0.717, 1.165) is 0 Å². The van der Waals surface area contributed by atoms with E-state index in [1.54, 1.807) is 0 Å². The van der Waals surface area contributed by atoms with Gasteiger partial charge in [0.2, 0.25) is 0 Å². The first-order valence-corrected chi connectivity index (χ1v) is 8.51. The van der Waals surface area contributed by atoms with Crippen molar-refractivity contribution in [2.75, 3.05) is 0 Å². The fourth-order valence-electron chi connectivity index (χ4n) is 0.992. The van der Waals surface area contributed by atoms with Crippen LogP contribution in [0, 0.1) is 0 Å². The molecule has 0 radical (unpaired) electrons. The molecule has 0 spiro atoms. The normalized spacial score (nSPS) is 11.9. The molecule has 0 fully saturated rings. The molecule has 0 atom stereocenters. The van der Waals surface area contributed by atoms with Crippen LogP contribution >= 0.6 is 15.6 Å². The second-order valence-corrected chi connectivity index (χ2v) is 6.09. The highest BCUT2D eigenvalue weighted by molar-refractivity contribution is 7.60. The Labute approximate surface area is 102 Å². The topological polar surface area (TPSA) is 124 Å². The van der Waals surface area contributed by atoms with Crippen LogP contribution in [0.3, 0.4) is 0 Å². The molecule has 0 heterocycles. The summed E-state index contributed by atoms with van der Waals surface area (Å²) in [7, 11) is -10.1. The van der Waals surface area contributed by atoms with E-state index >= 15 is 0 Å². The summed E-state index contributed by atoms with van der Waals surface area (Å²) in [5.74, 6) is 0. The van der Waals surface area contributed by atoms with E-state index in [0.29, 0.717) is 0 Å². The Morgan fingerprint density at radius 1 is 0.765 bits per heavy atom. The molecule has 0 aromatic heterocycles. The highest BCUT2D eigenvalue weighted by Gasteiger charge is 2.27. The van der Waals surface area contributed by atoms with Gasteiger partial charge in [0.25, 0.3) is 0 Å². The molecule has 0 aromatic carbocycles. The lowest BCUT2D eigenvalue weighted by molar-refractivity contribution is 0.225. The second-order valence-electron chi connectivity index (χ2n) is 3.48. The molecule has 7 nitrogen and oxygen atoms in total. The van der Waals surface area contributed by atoms with Gasteiger partial charge in [-0.05, 0) is 0 Å². The Balaban J connectivity index is 0. The number of phosphoric acid groups is 2.